The molecule has 0 bridgehead atoms. The molecule has 0 saturated carbocycles. The first kappa shape index (κ1) is 28.2. The molecule has 0 aromatic rings. The third-order valence-corrected chi connectivity index (χ3v) is 3.39. The average Bonchev–Trinajstić information content (AvgIpc) is 2.65. The summed E-state index contributed by atoms with van der Waals surface area (Å²) in [6.07, 6.45) is 3.54. The third kappa shape index (κ3) is 25.2. The molecule has 0 aliphatic rings. The van der Waals surface area contributed by atoms with Gasteiger partial charge >= 0.3 is 5.97 Å². The van der Waals surface area contributed by atoms with Crippen LogP contribution in [0.5, 0.6) is 0 Å². The van der Waals surface area contributed by atoms with Crippen molar-refractivity contribution in [3.8, 4) is 0 Å². The quantitative estimate of drug-likeness (QED) is 0.206. The number of rotatable bonds is 21. The van der Waals surface area contributed by atoms with Crippen molar-refractivity contribution in [3.05, 3.63) is 0 Å². The fourth-order valence-corrected chi connectivity index (χ4v) is 2.08. The maximum atomic E-state index is 11.4. The van der Waals surface area contributed by atoms with Crippen molar-refractivity contribution in [3.63, 3.8) is 0 Å². The van der Waals surface area contributed by atoms with E-state index in [2.05, 4.69) is 6.92 Å². The lowest BCUT2D eigenvalue weighted by Gasteiger charge is -2.19. The van der Waals surface area contributed by atoms with Crippen LogP contribution in [0.4, 0.5) is 0 Å². The molecule has 8 nitrogen and oxygen atoms in total. The molecule has 29 heavy (non-hydrogen) atoms. The minimum atomic E-state index is -0.493. The summed E-state index contributed by atoms with van der Waals surface area (Å²) >= 11 is 0. The number of unbranched alkanes of at least 4 members (excludes halogenated alkanes) is 2. The molecule has 0 rings (SSSR count). The Morgan fingerprint density at radius 3 is 1.34 bits per heavy atom. The van der Waals surface area contributed by atoms with Crippen LogP contribution in [-0.2, 0) is 38.0 Å². The number of hydrogen-bond acceptors (Lipinski definition) is 8. The van der Waals surface area contributed by atoms with Crippen molar-refractivity contribution in [2.24, 2.45) is 0 Å². The molecule has 0 unspecified atom stereocenters. The van der Waals surface area contributed by atoms with Gasteiger partial charge in [-0.05, 0) is 27.2 Å². The van der Waals surface area contributed by atoms with Crippen molar-refractivity contribution in [1.29, 1.82) is 0 Å². The van der Waals surface area contributed by atoms with Crippen LogP contribution < -0.4 is 0 Å². The summed E-state index contributed by atoms with van der Waals surface area (Å²) in [5.41, 5.74) is -0.493. The summed E-state index contributed by atoms with van der Waals surface area (Å²) < 4.78 is 37.4. The molecule has 0 aliphatic heterocycles. The van der Waals surface area contributed by atoms with Gasteiger partial charge in [-0.25, -0.2) is 4.79 Å². The third-order valence-electron chi connectivity index (χ3n) is 3.39. The molecule has 174 valence electrons. The van der Waals surface area contributed by atoms with Gasteiger partial charge in [0.2, 0.25) is 0 Å². The number of carbonyl (C=O) groups excluding carboxylic acids is 1. The van der Waals surface area contributed by atoms with E-state index in [1.165, 1.54) is 12.8 Å². The molecule has 0 saturated heterocycles. The molecule has 0 heterocycles. The van der Waals surface area contributed by atoms with Crippen LogP contribution >= 0.6 is 0 Å². The van der Waals surface area contributed by atoms with E-state index in [9.17, 15) is 4.79 Å². The lowest BCUT2D eigenvalue weighted by Crippen LogP contribution is -2.27. The Balaban J connectivity index is 3.11. The predicted octanol–water partition coefficient (Wildman–Crippen LogP) is 2.62. The van der Waals surface area contributed by atoms with Gasteiger partial charge in [0.1, 0.15) is 12.2 Å². The Morgan fingerprint density at radius 1 is 0.586 bits per heavy atom. The van der Waals surface area contributed by atoms with Crippen LogP contribution in [0.15, 0.2) is 0 Å². The molecule has 0 aromatic carbocycles. The summed E-state index contributed by atoms with van der Waals surface area (Å²) in [5, 5.41) is 0. The number of ether oxygens (including phenoxy) is 7. The van der Waals surface area contributed by atoms with Gasteiger partial charge in [0.25, 0.3) is 0 Å². The molecule has 8 heteroatoms. The van der Waals surface area contributed by atoms with Crippen LogP contribution in [0.2, 0.25) is 0 Å². The van der Waals surface area contributed by atoms with Crippen LogP contribution in [0.3, 0.4) is 0 Å². The van der Waals surface area contributed by atoms with E-state index in [1.54, 1.807) is 0 Å². The van der Waals surface area contributed by atoms with Crippen molar-refractivity contribution in [2.75, 3.05) is 79.3 Å². The second kappa shape index (κ2) is 20.5. The predicted molar refractivity (Wildman–Crippen MR) is 110 cm³/mol. The molecule has 0 N–H and O–H groups in total. The lowest BCUT2D eigenvalue weighted by atomic mass is 10.2. The standard InChI is InChI=1S/C21H42O8/c1-5-6-7-8-23-9-10-24-11-12-25-13-14-26-15-16-27-17-18-28-19-20(22)29-21(2,3)4/h5-19H2,1-4H3. The van der Waals surface area contributed by atoms with Gasteiger partial charge in [-0.1, -0.05) is 19.8 Å². The lowest BCUT2D eigenvalue weighted by molar-refractivity contribution is -0.160. The van der Waals surface area contributed by atoms with Crippen LogP contribution in [0.1, 0.15) is 47.0 Å². The largest absolute Gasteiger partial charge is 0.458 e. The first-order valence-corrected chi connectivity index (χ1v) is 10.6. The monoisotopic (exact) mass is 422 g/mol. The summed E-state index contributed by atoms with van der Waals surface area (Å²) in [6, 6.07) is 0. The Morgan fingerprint density at radius 2 is 0.966 bits per heavy atom. The maximum Gasteiger partial charge on any atom is 0.332 e. The van der Waals surface area contributed by atoms with E-state index < -0.39 is 5.60 Å². The molecule has 0 aliphatic carbocycles. The normalized spacial score (nSPS) is 11.7. The van der Waals surface area contributed by atoms with Gasteiger partial charge in [0.05, 0.1) is 66.1 Å². The number of esters is 1. The molecule has 0 aromatic heterocycles. The van der Waals surface area contributed by atoms with Gasteiger partial charge in [0.15, 0.2) is 0 Å². The summed E-state index contributed by atoms with van der Waals surface area (Å²) in [4.78, 5) is 11.4. The number of hydrogen-bond donors (Lipinski definition) is 0. The highest BCUT2D eigenvalue weighted by Gasteiger charge is 2.15. The van der Waals surface area contributed by atoms with Gasteiger partial charge in [-0.3, -0.25) is 0 Å². The fourth-order valence-electron chi connectivity index (χ4n) is 2.08. The van der Waals surface area contributed by atoms with Crippen LogP contribution in [0, 0.1) is 0 Å². The van der Waals surface area contributed by atoms with Crippen molar-refractivity contribution in [1.82, 2.24) is 0 Å². The molecule has 0 spiro atoms. The first-order chi connectivity index (χ1) is 14.0. The van der Waals surface area contributed by atoms with E-state index >= 15 is 0 Å². The topological polar surface area (TPSA) is 81.7 Å². The van der Waals surface area contributed by atoms with E-state index in [-0.39, 0.29) is 12.6 Å². The zero-order chi connectivity index (χ0) is 21.6. The van der Waals surface area contributed by atoms with Gasteiger partial charge in [0, 0.05) is 6.61 Å². The minimum Gasteiger partial charge on any atom is -0.458 e. The fraction of sp³-hybridized carbons (Fsp3) is 0.952. The summed E-state index contributed by atoms with van der Waals surface area (Å²) in [7, 11) is 0. The number of carbonyl (C=O) groups is 1. The maximum absolute atomic E-state index is 11.4. The van der Waals surface area contributed by atoms with E-state index in [1.807, 2.05) is 20.8 Å². The Labute approximate surface area is 176 Å². The van der Waals surface area contributed by atoms with Gasteiger partial charge in [-0.2, -0.15) is 0 Å². The molecule has 0 atom stereocenters. The van der Waals surface area contributed by atoms with E-state index in [0.29, 0.717) is 66.1 Å². The first-order valence-electron chi connectivity index (χ1n) is 10.6. The Bertz CT molecular complexity index is 357. The molecule has 0 amide bonds. The molecular formula is C21H42O8. The minimum absolute atomic E-state index is 0.0653. The smallest absolute Gasteiger partial charge is 0.332 e. The van der Waals surface area contributed by atoms with E-state index in [4.69, 9.17) is 33.2 Å². The van der Waals surface area contributed by atoms with Crippen LogP contribution in [-0.4, -0.2) is 90.9 Å². The molecule has 0 radical (unpaired) electrons. The highest BCUT2D eigenvalue weighted by molar-refractivity contribution is 5.71. The second-order valence-electron chi connectivity index (χ2n) is 7.41. The molecule has 0 fully saturated rings. The summed E-state index contributed by atoms with van der Waals surface area (Å²) in [6.45, 7) is 13.5. The highest BCUT2D eigenvalue weighted by Crippen LogP contribution is 2.06. The zero-order valence-corrected chi connectivity index (χ0v) is 18.9. The highest BCUT2D eigenvalue weighted by atomic mass is 16.6. The summed E-state index contributed by atoms with van der Waals surface area (Å²) in [5.74, 6) is -0.373. The Hall–Kier alpha value is -0.770. The van der Waals surface area contributed by atoms with Crippen molar-refractivity contribution < 1.29 is 38.0 Å². The van der Waals surface area contributed by atoms with Crippen LogP contribution in [0.25, 0.3) is 0 Å². The average molecular weight is 423 g/mol. The SMILES string of the molecule is CCCCCOCCOCCOCCOCCOCCOCC(=O)OC(C)(C)C. The van der Waals surface area contributed by atoms with Crippen molar-refractivity contribution in [2.45, 2.75) is 52.6 Å². The van der Waals surface area contributed by atoms with E-state index in [0.717, 1.165) is 13.0 Å². The second-order valence-corrected chi connectivity index (χ2v) is 7.41. The molecular weight excluding hydrogens is 380 g/mol. The zero-order valence-electron chi connectivity index (χ0n) is 18.9. The Kier molecular flexibility index (Phi) is 20.0. The van der Waals surface area contributed by atoms with Crippen molar-refractivity contribution >= 4 is 5.97 Å². The van der Waals surface area contributed by atoms with Gasteiger partial charge < -0.3 is 33.2 Å². The van der Waals surface area contributed by atoms with Gasteiger partial charge in [-0.15, -0.1) is 0 Å².